The SMILES string of the molecule is CNC(=O)CCCNc1ccc(Cl)c(OC)c1. The van der Waals surface area contributed by atoms with E-state index in [9.17, 15) is 4.79 Å². The summed E-state index contributed by atoms with van der Waals surface area (Å²) in [6.07, 6.45) is 1.30. The quantitative estimate of drug-likeness (QED) is 0.768. The molecule has 0 bridgehead atoms. The molecule has 5 heteroatoms. The standard InChI is InChI=1S/C12H17ClN2O2/c1-14-12(16)4-3-7-15-9-5-6-10(13)11(8-9)17-2/h5-6,8,15H,3-4,7H2,1-2H3,(H,14,16). The molecule has 0 saturated heterocycles. The van der Waals surface area contributed by atoms with Gasteiger partial charge in [0.15, 0.2) is 0 Å². The van der Waals surface area contributed by atoms with Gasteiger partial charge in [0.25, 0.3) is 0 Å². The molecule has 4 nitrogen and oxygen atoms in total. The molecule has 0 saturated carbocycles. The van der Waals surface area contributed by atoms with Gasteiger partial charge in [-0.05, 0) is 18.6 Å². The van der Waals surface area contributed by atoms with Crippen LogP contribution in [0.5, 0.6) is 5.75 Å². The first-order valence-electron chi connectivity index (χ1n) is 5.45. The third-order valence-corrected chi connectivity index (χ3v) is 2.65. The first-order chi connectivity index (χ1) is 8.17. The first kappa shape index (κ1) is 13.6. The lowest BCUT2D eigenvalue weighted by Crippen LogP contribution is -2.18. The summed E-state index contributed by atoms with van der Waals surface area (Å²) < 4.78 is 5.11. The van der Waals surface area contributed by atoms with Gasteiger partial charge in [-0.15, -0.1) is 0 Å². The zero-order valence-electron chi connectivity index (χ0n) is 10.0. The Morgan fingerprint density at radius 1 is 1.47 bits per heavy atom. The van der Waals surface area contributed by atoms with Gasteiger partial charge in [0, 0.05) is 31.8 Å². The Morgan fingerprint density at radius 3 is 2.88 bits per heavy atom. The minimum atomic E-state index is 0.0560. The normalized spacial score (nSPS) is 9.82. The highest BCUT2D eigenvalue weighted by Gasteiger charge is 2.02. The lowest BCUT2D eigenvalue weighted by Gasteiger charge is -2.09. The van der Waals surface area contributed by atoms with E-state index < -0.39 is 0 Å². The van der Waals surface area contributed by atoms with Gasteiger partial charge >= 0.3 is 0 Å². The van der Waals surface area contributed by atoms with Crippen molar-refractivity contribution < 1.29 is 9.53 Å². The van der Waals surface area contributed by atoms with Crippen molar-refractivity contribution in [2.45, 2.75) is 12.8 Å². The Kier molecular flexibility index (Phi) is 5.63. The predicted molar refractivity (Wildman–Crippen MR) is 69.8 cm³/mol. The van der Waals surface area contributed by atoms with Gasteiger partial charge in [0.2, 0.25) is 5.91 Å². The van der Waals surface area contributed by atoms with Gasteiger partial charge in [0.1, 0.15) is 5.75 Å². The molecule has 0 spiro atoms. The molecule has 0 radical (unpaired) electrons. The molecule has 1 aromatic rings. The fourth-order valence-electron chi connectivity index (χ4n) is 1.38. The highest BCUT2D eigenvalue weighted by Crippen LogP contribution is 2.27. The average Bonchev–Trinajstić information content (AvgIpc) is 2.36. The molecule has 0 atom stereocenters. The molecule has 0 aromatic heterocycles. The Labute approximate surface area is 106 Å². The van der Waals surface area contributed by atoms with E-state index in [1.807, 2.05) is 12.1 Å². The number of halogens is 1. The van der Waals surface area contributed by atoms with Gasteiger partial charge < -0.3 is 15.4 Å². The molecule has 1 aromatic carbocycles. The number of hydrogen-bond donors (Lipinski definition) is 2. The smallest absolute Gasteiger partial charge is 0.219 e. The predicted octanol–water partition coefficient (Wildman–Crippen LogP) is 2.29. The van der Waals surface area contributed by atoms with Crippen LogP contribution in [-0.4, -0.2) is 26.6 Å². The van der Waals surface area contributed by atoms with Gasteiger partial charge in [-0.1, -0.05) is 11.6 Å². The lowest BCUT2D eigenvalue weighted by atomic mass is 10.2. The number of ether oxygens (including phenoxy) is 1. The van der Waals surface area contributed by atoms with Crippen LogP contribution in [0.4, 0.5) is 5.69 Å². The molecule has 1 rings (SSSR count). The fourth-order valence-corrected chi connectivity index (χ4v) is 1.57. The third kappa shape index (κ3) is 4.53. The van der Waals surface area contributed by atoms with Crippen LogP contribution in [0.2, 0.25) is 5.02 Å². The Morgan fingerprint density at radius 2 is 2.24 bits per heavy atom. The minimum Gasteiger partial charge on any atom is -0.495 e. The highest BCUT2D eigenvalue weighted by molar-refractivity contribution is 6.32. The van der Waals surface area contributed by atoms with Crippen LogP contribution in [0.25, 0.3) is 0 Å². The van der Waals surface area contributed by atoms with E-state index in [1.54, 1.807) is 20.2 Å². The van der Waals surface area contributed by atoms with E-state index in [-0.39, 0.29) is 5.91 Å². The summed E-state index contributed by atoms with van der Waals surface area (Å²) in [6, 6.07) is 5.49. The molecule has 0 fully saturated rings. The molecule has 0 aliphatic heterocycles. The maximum Gasteiger partial charge on any atom is 0.219 e. The molecule has 0 aliphatic carbocycles. The van der Waals surface area contributed by atoms with E-state index in [1.165, 1.54) is 0 Å². The largest absolute Gasteiger partial charge is 0.495 e. The van der Waals surface area contributed by atoms with Crippen LogP contribution >= 0.6 is 11.6 Å². The average molecular weight is 257 g/mol. The lowest BCUT2D eigenvalue weighted by molar-refractivity contribution is -0.120. The number of hydrogen-bond acceptors (Lipinski definition) is 3. The molecule has 0 unspecified atom stereocenters. The van der Waals surface area contributed by atoms with Crippen LogP contribution in [0, 0.1) is 0 Å². The fraction of sp³-hybridized carbons (Fsp3) is 0.417. The number of carbonyl (C=O) groups excluding carboxylic acids is 1. The van der Waals surface area contributed by atoms with E-state index in [4.69, 9.17) is 16.3 Å². The van der Waals surface area contributed by atoms with Crippen LogP contribution in [-0.2, 0) is 4.79 Å². The molecule has 0 aliphatic rings. The third-order valence-electron chi connectivity index (χ3n) is 2.34. The van der Waals surface area contributed by atoms with Crippen molar-refractivity contribution in [2.24, 2.45) is 0 Å². The van der Waals surface area contributed by atoms with Crippen molar-refractivity contribution in [2.75, 3.05) is 26.0 Å². The molecule has 94 valence electrons. The van der Waals surface area contributed by atoms with E-state index in [0.717, 1.165) is 18.7 Å². The molecule has 17 heavy (non-hydrogen) atoms. The number of amides is 1. The van der Waals surface area contributed by atoms with Crippen molar-refractivity contribution in [3.63, 3.8) is 0 Å². The second-order valence-corrected chi connectivity index (χ2v) is 3.96. The first-order valence-corrected chi connectivity index (χ1v) is 5.83. The molecule has 1 amide bonds. The Balaban J connectivity index is 2.39. The van der Waals surface area contributed by atoms with Crippen LogP contribution in [0.15, 0.2) is 18.2 Å². The Hall–Kier alpha value is -1.42. The second-order valence-electron chi connectivity index (χ2n) is 3.55. The Bertz CT molecular complexity index is 383. The summed E-state index contributed by atoms with van der Waals surface area (Å²) in [5.74, 6) is 0.698. The minimum absolute atomic E-state index is 0.0560. The van der Waals surface area contributed by atoms with Gasteiger partial charge in [-0.3, -0.25) is 4.79 Å². The number of anilines is 1. The molecule has 0 heterocycles. The van der Waals surface area contributed by atoms with E-state index in [2.05, 4.69) is 10.6 Å². The second kappa shape index (κ2) is 7.01. The maximum absolute atomic E-state index is 11.0. The zero-order valence-corrected chi connectivity index (χ0v) is 10.8. The van der Waals surface area contributed by atoms with E-state index >= 15 is 0 Å². The van der Waals surface area contributed by atoms with E-state index in [0.29, 0.717) is 17.2 Å². The van der Waals surface area contributed by atoms with Crippen molar-refractivity contribution in [1.29, 1.82) is 0 Å². The van der Waals surface area contributed by atoms with Gasteiger partial charge in [0.05, 0.1) is 12.1 Å². The van der Waals surface area contributed by atoms with Crippen LogP contribution in [0.1, 0.15) is 12.8 Å². The molecule has 2 N–H and O–H groups in total. The summed E-state index contributed by atoms with van der Waals surface area (Å²) in [7, 11) is 3.22. The molecular formula is C12H17ClN2O2. The topological polar surface area (TPSA) is 50.4 Å². The number of carbonyl (C=O) groups is 1. The monoisotopic (exact) mass is 256 g/mol. The van der Waals surface area contributed by atoms with Gasteiger partial charge in [-0.2, -0.15) is 0 Å². The van der Waals surface area contributed by atoms with Crippen molar-refractivity contribution >= 4 is 23.2 Å². The van der Waals surface area contributed by atoms with Crippen LogP contribution in [0.3, 0.4) is 0 Å². The number of nitrogens with one attached hydrogen (secondary N) is 2. The summed E-state index contributed by atoms with van der Waals surface area (Å²) in [5.41, 5.74) is 0.933. The summed E-state index contributed by atoms with van der Waals surface area (Å²) in [4.78, 5) is 11.0. The van der Waals surface area contributed by atoms with Crippen LogP contribution < -0.4 is 15.4 Å². The zero-order chi connectivity index (χ0) is 12.7. The van der Waals surface area contributed by atoms with Crippen molar-refractivity contribution in [3.05, 3.63) is 23.2 Å². The van der Waals surface area contributed by atoms with Gasteiger partial charge in [-0.25, -0.2) is 0 Å². The number of methoxy groups -OCH3 is 1. The van der Waals surface area contributed by atoms with Crippen molar-refractivity contribution in [1.82, 2.24) is 5.32 Å². The maximum atomic E-state index is 11.0. The number of benzene rings is 1. The summed E-state index contributed by atoms with van der Waals surface area (Å²) >= 11 is 5.91. The van der Waals surface area contributed by atoms with Crippen molar-refractivity contribution in [3.8, 4) is 5.75 Å². The summed E-state index contributed by atoms with van der Waals surface area (Å²) in [6.45, 7) is 0.734. The highest BCUT2D eigenvalue weighted by atomic mass is 35.5. The molecular weight excluding hydrogens is 240 g/mol. The summed E-state index contributed by atoms with van der Waals surface area (Å²) in [5, 5.41) is 6.38. The number of rotatable bonds is 6.